The van der Waals surface area contributed by atoms with E-state index in [1.54, 1.807) is 0 Å². The molecule has 0 aliphatic rings. The molecule has 0 saturated heterocycles. The van der Waals surface area contributed by atoms with Crippen molar-refractivity contribution in [1.29, 1.82) is 0 Å². The molecule has 10 heteroatoms. The Balaban J connectivity index is 5.96. The highest BCUT2D eigenvalue weighted by Crippen LogP contribution is 2.16. The maximum Gasteiger partial charge on any atom is 0.242 e. The first-order chi connectivity index (χ1) is 10.3. The van der Waals surface area contributed by atoms with Gasteiger partial charge in [0.25, 0.3) is 0 Å². The van der Waals surface area contributed by atoms with E-state index in [0.29, 0.717) is 5.75 Å². The first-order valence-electron chi connectivity index (χ1n) is 6.40. The Kier molecular flexibility index (Phi) is 8.99. The second-order valence-electron chi connectivity index (χ2n) is 4.39. The summed E-state index contributed by atoms with van der Waals surface area (Å²) in [6, 6.07) is -1.04. The predicted molar refractivity (Wildman–Crippen MR) is 82.9 cm³/mol. The summed E-state index contributed by atoms with van der Waals surface area (Å²) in [7, 11) is 1.38. The van der Waals surface area contributed by atoms with Crippen LogP contribution in [0, 0.1) is 4.91 Å². The SMILES string of the molecule is CNC(=O)[C@H](CCSC)N(C(=NO)C(C)=O)C(N=O)C(C)=O. The molecule has 22 heavy (non-hydrogen) atoms. The van der Waals surface area contributed by atoms with Crippen LogP contribution >= 0.6 is 11.8 Å². The monoisotopic (exact) mass is 332 g/mol. The van der Waals surface area contributed by atoms with E-state index >= 15 is 0 Å². The number of carbonyl (C=O) groups excluding carboxylic acids is 3. The van der Waals surface area contributed by atoms with Gasteiger partial charge in [-0.25, -0.2) is 0 Å². The Morgan fingerprint density at radius 1 is 1.32 bits per heavy atom. The third kappa shape index (κ3) is 5.10. The molecule has 0 fully saturated rings. The van der Waals surface area contributed by atoms with E-state index in [2.05, 4.69) is 15.6 Å². The van der Waals surface area contributed by atoms with Gasteiger partial charge in [0.2, 0.25) is 17.9 Å². The van der Waals surface area contributed by atoms with Crippen molar-refractivity contribution in [3.8, 4) is 0 Å². The molecule has 0 spiro atoms. The molecule has 2 atom stereocenters. The predicted octanol–water partition coefficient (Wildman–Crippen LogP) is 0.214. The van der Waals surface area contributed by atoms with Gasteiger partial charge in [0, 0.05) is 14.0 Å². The molecular formula is C12H20N4O5S. The topological polar surface area (TPSA) is 128 Å². The molecule has 2 N–H and O–H groups in total. The number of carbonyl (C=O) groups is 3. The van der Waals surface area contributed by atoms with Gasteiger partial charge in [-0.05, 0) is 30.5 Å². The van der Waals surface area contributed by atoms with E-state index in [0.717, 1.165) is 18.7 Å². The third-order valence-electron chi connectivity index (χ3n) is 2.86. The fourth-order valence-corrected chi connectivity index (χ4v) is 2.31. The molecular weight excluding hydrogens is 312 g/mol. The number of amidine groups is 1. The molecule has 0 aromatic rings. The van der Waals surface area contributed by atoms with Gasteiger partial charge in [0.1, 0.15) is 6.04 Å². The van der Waals surface area contributed by atoms with Gasteiger partial charge in [-0.3, -0.25) is 14.4 Å². The van der Waals surface area contributed by atoms with Crippen molar-refractivity contribution in [3.63, 3.8) is 0 Å². The van der Waals surface area contributed by atoms with Gasteiger partial charge in [-0.1, -0.05) is 5.16 Å². The molecule has 0 radical (unpaired) electrons. The highest BCUT2D eigenvalue weighted by Gasteiger charge is 2.38. The minimum atomic E-state index is -1.63. The van der Waals surface area contributed by atoms with E-state index in [4.69, 9.17) is 5.21 Å². The summed E-state index contributed by atoms with van der Waals surface area (Å²) in [5, 5.41) is 17.0. The highest BCUT2D eigenvalue weighted by atomic mass is 32.2. The lowest BCUT2D eigenvalue weighted by Crippen LogP contribution is -2.56. The molecule has 0 aliphatic heterocycles. The van der Waals surface area contributed by atoms with E-state index in [9.17, 15) is 19.3 Å². The van der Waals surface area contributed by atoms with Crippen LogP contribution in [0.1, 0.15) is 20.3 Å². The molecule has 9 nitrogen and oxygen atoms in total. The van der Waals surface area contributed by atoms with Crippen molar-refractivity contribution in [2.45, 2.75) is 32.5 Å². The van der Waals surface area contributed by atoms with Crippen molar-refractivity contribution in [3.05, 3.63) is 4.91 Å². The summed E-state index contributed by atoms with van der Waals surface area (Å²) < 4.78 is 0. The summed E-state index contributed by atoms with van der Waals surface area (Å²) in [6.07, 6.45) is 0.420. The molecule has 0 heterocycles. The molecule has 1 amide bonds. The van der Waals surface area contributed by atoms with Crippen LogP contribution in [-0.2, 0) is 14.4 Å². The number of oxime groups is 1. The standard InChI is InChI=1S/C12H20N4O5S/c1-7(17)10(14-20)16(11(15-21)8(2)18)9(5-6-22-4)12(19)13-3/h9-10,21H,5-6H2,1-4H3,(H,13,19)/t9-,10?/m0/s1. The Hall–Kier alpha value is -1.97. The fourth-order valence-electron chi connectivity index (χ4n) is 1.85. The Morgan fingerprint density at radius 3 is 2.23 bits per heavy atom. The normalized spacial score (nSPS) is 13.9. The first-order valence-corrected chi connectivity index (χ1v) is 7.79. The van der Waals surface area contributed by atoms with E-state index in [-0.39, 0.29) is 6.42 Å². The second-order valence-corrected chi connectivity index (χ2v) is 5.37. The van der Waals surface area contributed by atoms with Crippen LogP contribution in [0.3, 0.4) is 0 Å². The van der Waals surface area contributed by atoms with Crippen LogP contribution in [0.5, 0.6) is 0 Å². The van der Waals surface area contributed by atoms with E-state index < -0.39 is 35.5 Å². The molecule has 0 aromatic heterocycles. The molecule has 0 aliphatic carbocycles. The summed E-state index contributed by atoms with van der Waals surface area (Å²) in [6.45, 7) is 2.20. The lowest BCUT2D eigenvalue weighted by Gasteiger charge is -2.33. The molecule has 0 saturated carbocycles. The summed E-state index contributed by atoms with van der Waals surface area (Å²) in [5.41, 5.74) is 0. The molecule has 124 valence electrons. The number of ketones is 2. The van der Waals surface area contributed by atoms with Crippen LogP contribution in [0.2, 0.25) is 0 Å². The maximum atomic E-state index is 12.1. The van der Waals surface area contributed by atoms with Crippen molar-refractivity contribution in [2.75, 3.05) is 19.1 Å². The van der Waals surface area contributed by atoms with Gasteiger partial charge < -0.3 is 15.4 Å². The summed E-state index contributed by atoms with van der Waals surface area (Å²) >= 11 is 1.44. The largest absolute Gasteiger partial charge is 0.409 e. The zero-order valence-electron chi connectivity index (χ0n) is 12.9. The number of likely N-dealkylation sites (N-methyl/N-ethyl adjacent to an activating group) is 1. The van der Waals surface area contributed by atoms with Crippen LogP contribution in [0.4, 0.5) is 0 Å². The zero-order valence-corrected chi connectivity index (χ0v) is 13.7. The quantitative estimate of drug-likeness (QED) is 0.203. The van der Waals surface area contributed by atoms with Crippen LogP contribution in [-0.4, -0.2) is 64.7 Å². The van der Waals surface area contributed by atoms with Crippen LogP contribution in [0.15, 0.2) is 10.3 Å². The number of hydrogen-bond acceptors (Lipinski definition) is 8. The average Bonchev–Trinajstić information content (AvgIpc) is 2.47. The molecule has 0 aromatic carbocycles. The molecule has 0 bridgehead atoms. The molecule has 1 unspecified atom stereocenters. The van der Waals surface area contributed by atoms with Gasteiger partial charge in [0.05, 0.1) is 0 Å². The Labute approximate surface area is 132 Å². The number of Topliss-reactive ketones (excluding diaryl/α,β-unsaturated/α-hetero) is 2. The summed E-state index contributed by atoms with van der Waals surface area (Å²) in [4.78, 5) is 47.2. The van der Waals surface area contributed by atoms with Gasteiger partial charge in [0.15, 0.2) is 11.6 Å². The van der Waals surface area contributed by atoms with Crippen LogP contribution < -0.4 is 5.32 Å². The van der Waals surface area contributed by atoms with Crippen LogP contribution in [0.25, 0.3) is 0 Å². The second kappa shape index (κ2) is 9.87. The van der Waals surface area contributed by atoms with Crippen molar-refractivity contribution in [1.82, 2.24) is 10.2 Å². The smallest absolute Gasteiger partial charge is 0.242 e. The lowest BCUT2D eigenvalue weighted by atomic mass is 10.1. The number of nitrogens with one attached hydrogen (secondary N) is 1. The fraction of sp³-hybridized carbons (Fsp3) is 0.667. The Bertz CT molecular complexity index is 468. The van der Waals surface area contributed by atoms with E-state index in [1.165, 1.54) is 18.8 Å². The van der Waals surface area contributed by atoms with E-state index in [1.807, 2.05) is 6.26 Å². The number of nitroso groups, excluding NO2 is 1. The van der Waals surface area contributed by atoms with Gasteiger partial charge >= 0.3 is 0 Å². The van der Waals surface area contributed by atoms with Crippen molar-refractivity contribution >= 4 is 35.1 Å². The number of amides is 1. The number of nitrogens with zero attached hydrogens (tertiary/aromatic N) is 3. The lowest BCUT2D eigenvalue weighted by molar-refractivity contribution is -0.128. The zero-order chi connectivity index (χ0) is 17.3. The maximum absolute atomic E-state index is 12.1. The van der Waals surface area contributed by atoms with Gasteiger partial charge in [-0.15, -0.1) is 4.91 Å². The number of rotatable bonds is 9. The Morgan fingerprint density at radius 2 is 1.91 bits per heavy atom. The average molecular weight is 332 g/mol. The highest BCUT2D eigenvalue weighted by molar-refractivity contribution is 7.98. The number of hydrogen-bond donors (Lipinski definition) is 2. The minimum absolute atomic E-state index is 0.229. The third-order valence-corrected chi connectivity index (χ3v) is 3.51. The van der Waals surface area contributed by atoms with Crippen molar-refractivity contribution in [2.24, 2.45) is 10.3 Å². The van der Waals surface area contributed by atoms with Crippen molar-refractivity contribution < 1.29 is 19.6 Å². The number of thioether (sulfide) groups is 1. The summed E-state index contributed by atoms with van der Waals surface area (Å²) in [5.74, 6) is -1.93. The minimum Gasteiger partial charge on any atom is -0.409 e. The first kappa shape index (κ1) is 20.0. The molecule has 0 rings (SSSR count). The van der Waals surface area contributed by atoms with Gasteiger partial charge in [-0.2, -0.15) is 11.8 Å².